The Hall–Kier alpha value is -2.60. The van der Waals surface area contributed by atoms with E-state index in [4.69, 9.17) is 11.6 Å². The van der Waals surface area contributed by atoms with Crippen LogP contribution in [0.15, 0.2) is 29.2 Å². The molecule has 2 N–H and O–H groups in total. The molecule has 4 rings (SSSR count). The Bertz CT molecular complexity index is 1130. The van der Waals surface area contributed by atoms with E-state index < -0.39 is 0 Å². The van der Waals surface area contributed by atoms with Gasteiger partial charge in [-0.1, -0.05) is 30.7 Å². The lowest BCUT2D eigenvalue weighted by Gasteiger charge is -2.10. The van der Waals surface area contributed by atoms with Gasteiger partial charge in [0, 0.05) is 22.2 Å². The number of benzene rings is 1. The van der Waals surface area contributed by atoms with Gasteiger partial charge in [0.15, 0.2) is 5.69 Å². The van der Waals surface area contributed by atoms with Crippen molar-refractivity contribution in [3.63, 3.8) is 0 Å². The Morgan fingerprint density at radius 2 is 2.18 bits per heavy atom. The summed E-state index contributed by atoms with van der Waals surface area (Å²) in [6.45, 7) is 5.90. The smallest absolute Gasteiger partial charge is 0.274 e. The number of amides is 1. The Labute approximate surface area is 167 Å². The van der Waals surface area contributed by atoms with Gasteiger partial charge < -0.3 is 10.3 Å². The summed E-state index contributed by atoms with van der Waals surface area (Å²) in [5.74, 6) is -0.00441. The lowest BCUT2D eigenvalue weighted by atomic mass is 10.1. The summed E-state index contributed by atoms with van der Waals surface area (Å²) in [4.78, 5) is 28.6. The zero-order valence-corrected chi connectivity index (χ0v) is 16.9. The molecule has 7 heteroatoms. The summed E-state index contributed by atoms with van der Waals surface area (Å²) >= 11 is 6.24. The Balaban J connectivity index is 1.85. The third-order valence-electron chi connectivity index (χ3n) is 5.34. The van der Waals surface area contributed by atoms with Crippen LogP contribution < -0.4 is 10.9 Å². The number of carbonyl (C=O) groups is 1. The topological polar surface area (TPSA) is 79.3 Å². The van der Waals surface area contributed by atoms with Crippen LogP contribution in [0.1, 0.15) is 60.6 Å². The average molecular weight is 399 g/mol. The van der Waals surface area contributed by atoms with Gasteiger partial charge in [-0.2, -0.15) is 5.10 Å². The number of aryl methyl sites for hydroxylation is 1. The van der Waals surface area contributed by atoms with Crippen molar-refractivity contribution in [3.05, 3.63) is 56.6 Å². The van der Waals surface area contributed by atoms with Gasteiger partial charge in [-0.25, -0.2) is 4.52 Å². The Kier molecular flexibility index (Phi) is 4.75. The van der Waals surface area contributed by atoms with Crippen molar-refractivity contribution in [2.24, 2.45) is 0 Å². The maximum absolute atomic E-state index is 12.9. The van der Waals surface area contributed by atoms with Crippen molar-refractivity contribution in [1.82, 2.24) is 19.9 Å². The van der Waals surface area contributed by atoms with E-state index in [1.54, 1.807) is 10.7 Å². The summed E-state index contributed by atoms with van der Waals surface area (Å²) in [7, 11) is 0. The maximum atomic E-state index is 12.9. The van der Waals surface area contributed by atoms with Crippen LogP contribution in [-0.2, 0) is 0 Å². The van der Waals surface area contributed by atoms with Crippen molar-refractivity contribution in [2.75, 3.05) is 0 Å². The molecule has 28 heavy (non-hydrogen) atoms. The maximum Gasteiger partial charge on any atom is 0.274 e. The van der Waals surface area contributed by atoms with Gasteiger partial charge in [0.1, 0.15) is 5.52 Å². The minimum Gasteiger partial charge on any atom is -0.348 e. The molecule has 6 nitrogen and oxygen atoms in total. The highest BCUT2D eigenvalue weighted by atomic mass is 35.5. The van der Waals surface area contributed by atoms with Gasteiger partial charge in [-0.3, -0.25) is 9.59 Å². The molecule has 0 radical (unpaired) electrons. The van der Waals surface area contributed by atoms with E-state index in [1.165, 1.54) is 0 Å². The molecular formula is C21H23ClN4O2. The number of fused-ring (bicyclic) bond motifs is 1. The highest BCUT2D eigenvalue weighted by Crippen LogP contribution is 2.43. The van der Waals surface area contributed by atoms with Crippen LogP contribution in [0.3, 0.4) is 0 Å². The third-order valence-corrected chi connectivity index (χ3v) is 5.74. The standard InChI is InChI=1S/C21H23ClN4O2/c1-4-12(3)23-20(27)18-17(13-7-8-13)19-21(28)24-16(10-26(19)25-18)14-6-5-11(2)15(22)9-14/h5-6,9-10,12-13H,4,7-8H2,1-3H3,(H,23,27)(H,24,28)/t12-/m0/s1. The molecule has 0 spiro atoms. The first-order valence-electron chi connectivity index (χ1n) is 9.62. The van der Waals surface area contributed by atoms with Crippen LogP contribution in [0, 0.1) is 6.92 Å². The van der Waals surface area contributed by atoms with Gasteiger partial charge in [-0.15, -0.1) is 0 Å². The predicted octanol–water partition coefficient (Wildman–Crippen LogP) is 4.06. The molecule has 2 aromatic heterocycles. The fraction of sp³-hybridized carbons (Fsp3) is 0.381. The minimum atomic E-state index is -0.244. The van der Waals surface area contributed by atoms with E-state index in [-0.39, 0.29) is 23.4 Å². The number of nitrogens with zero attached hydrogens (tertiary/aromatic N) is 2. The van der Waals surface area contributed by atoms with E-state index >= 15 is 0 Å². The summed E-state index contributed by atoms with van der Waals surface area (Å²) in [5.41, 5.74) is 3.70. The zero-order valence-electron chi connectivity index (χ0n) is 16.2. The van der Waals surface area contributed by atoms with E-state index in [2.05, 4.69) is 15.4 Å². The lowest BCUT2D eigenvalue weighted by Crippen LogP contribution is -2.32. The van der Waals surface area contributed by atoms with Crippen LogP contribution >= 0.6 is 11.6 Å². The monoisotopic (exact) mass is 398 g/mol. The molecule has 2 heterocycles. The second-order valence-corrected chi connectivity index (χ2v) is 7.98. The molecule has 0 saturated heterocycles. The quantitative estimate of drug-likeness (QED) is 0.680. The molecule has 0 unspecified atom stereocenters. The van der Waals surface area contributed by atoms with Gasteiger partial charge in [0.05, 0.1) is 11.9 Å². The van der Waals surface area contributed by atoms with E-state index in [1.807, 2.05) is 39.0 Å². The number of nitrogens with one attached hydrogen (secondary N) is 2. The minimum absolute atomic E-state index is 0.0490. The number of halogens is 1. The first-order valence-corrected chi connectivity index (χ1v) is 9.99. The second-order valence-electron chi connectivity index (χ2n) is 7.57. The first-order chi connectivity index (χ1) is 13.4. The first kappa shape index (κ1) is 18.7. The third kappa shape index (κ3) is 3.33. The molecule has 1 amide bonds. The molecular weight excluding hydrogens is 376 g/mol. The molecule has 1 atom stereocenters. The molecule has 1 aliphatic carbocycles. The largest absolute Gasteiger partial charge is 0.348 e. The number of H-pyrrole nitrogens is 1. The summed E-state index contributed by atoms with van der Waals surface area (Å²) in [5, 5.41) is 8.10. The van der Waals surface area contributed by atoms with Gasteiger partial charge >= 0.3 is 0 Å². The summed E-state index contributed by atoms with van der Waals surface area (Å²) in [6, 6.07) is 5.67. The van der Waals surface area contributed by atoms with E-state index in [0.717, 1.165) is 36.0 Å². The Morgan fingerprint density at radius 3 is 2.82 bits per heavy atom. The average Bonchev–Trinajstić information content (AvgIpc) is 3.43. The molecule has 3 aromatic rings. The summed E-state index contributed by atoms with van der Waals surface area (Å²) in [6.07, 6.45) is 4.53. The Morgan fingerprint density at radius 1 is 1.43 bits per heavy atom. The number of aromatic amines is 1. The van der Waals surface area contributed by atoms with Crippen molar-refractivity contribution in [3.8, 4) is 11.3 Å². The van der Waals surface area contributed by atoms with Gasteiger partial charge in [0.2, 0.25) is 0 Å². The fourth-order valence-corrected chi connectivity index (χ4v) is 3.51. The fourth-order valence-electron chi connectivity index (χ4n) is 3.33. The van der Waals surface area contributed by atoms with E-state index in [9.17, 15) is 9.59 Å². The van der Waals surface area contributed by atoms with Gasteiger partial charge in [0.25, 0.3) is 11.5 Å². The van der Waals surface area contributed by atoms with Crippen molar-refractivity contribution in [1.29, 1.82) is 0 Å². The number of carbonyl (C=O) groups excluding carboxylic acids is 1. The molecule has 1 aromatic carbocycles. The highest BCUT2D eigenvalue weighted by Gasteiger charge is 2.34. The number of hydrogen-bond acceptors (Lipinski definition) is 3. The van der Waals surface area contributed by atoms with Crippen LogP contribution in [0.5, 0.6) is 0 Å². The normalized spacial score (nSPS) is 15.0. The SMILES string of the molecule is CC[C@H](C)NC(=O)c1nn2cc(-c3ccc(C)c(Cl)c3)[nH]c(=O)c2c1C1CC1. The van der Waals surface area contributed by atoms with Crippen LogP contribution in [-0.4, -0.2) is 26.5 Å². The molecule has 146 valence electrons. The second kappa shape index (κ2) is 7.09. The van der Waals surface area contributed by atoms with Crippen LogP contribution in [0.25, 0.3) is 16.8 Å². The molecule has 1 aliphatic rings. The van der Waals surface area contributed by atoms with Crippen molar-refractivity contribution < 1.29 is 4.79 Å². The number of hydrogen-bond donors (Lipinski definition) is 2. The van der Waals surface area contributed by atoms with Crippen LogP contribution in [0.2, 0.25) is 5.02 Å². The molecule has 0 aliphatic heterocycles. The van der Waals surface area contributed by atoms with Crippen molar-refractivity contribution in [2.45, 2.75) is 52.0 Å². The molecule has 1 fully saturated rings. The summed E-state index contributed by atoms with van der Waals surface area (Å²) < 4.78 is 1.54. The molecule has 0 bridgehead atoms. The highest BCUT2D eigenvalue weighted by molar-refractivity contribution is 6.31. The lowest BCUT2D eigenvalue weighted by molar-refractivity contribution is 0.0933. The number of aromatic nitrogens is 3. The van der Waals surface area contributed by atoms with Crippen LogP contribution in [0.4, 0.5) is 0 Å². The zero-order chi connectivity index (χ0) is 20.0. The molecule has 1 saturated carbocycles. The van der Waals surface area contributed by atoms with E-state index in [0.29, 0.717) is 21.9 Å². The van der Waals surface area contributed by atoms with Crippen molar-refractivity contribution >= 4 is 23.0 Å². The van der Waals surface area contributed by atoms with Gasteiger partial charge in [-0.05, 0) is 50.7 Å². The predicted molar refractivity (Wildman–Crippen MR) is 110 cm³/mol. The number of rotatable bonds is 5.